The Morgan fingerprint density at radius 1 is 1.56 bits per heavy atom. The molecule has 0 spiro atoms. The van der Waals surface area contributed by atoms with Gasteiger partial charge in [-0.2, -0.15) is 0 Å². The van der Waals surface area contributed by atoms with Crippen LogP contribution < -0.4 is 5.32 Å². The molecule has 1 amide bonds. The van der Waals surface area contributed by atoms with Gasteiger partial charge in [0, 0.05) is 16.9 Å². The average molecular weight is 351 g/mol. The monoisotopic (exact) mass is 349 g/mol. The summed E-state index contributed by atoms with van der Waals surface area (Å²) in [6, 6.07) is 4.75. The Hall–Kier alpha value is -0.550. The van der Waals surface area contributed by atoms with Crippen molar-refractivity contribution in [2.24, 2.45) is 0 Å². The number of rotatable bonds is 4. The SMILES string of the molecule is CC(Br)CCNC(=O)c1ccc(Br)c(O)c1. The van der Waals surface area contributed by atoms with Crippen molar-refractivity contribution in [1.82, 2.24) is 5.32 Å². The van der Waals surface area contributed by atoms with E-state index in [1.807, 2.05) is 6.92 Å². The molecule has 88 valence electrons. The summed E-state index contributed by atoms with van der Waals surface area (Å²) in [6.07, 6.45) is 0.869. The summed E-state index contributed by atoms with van der Waals surface area (Å²) in [6.45, 7) is 2.64. The number of amides is 1. The first-order valence-electron chi connectivity index (χ1n) is 4.91. The lowest BCUT2D eigenvalue weighted by molar-refractivity contribution is 0.0953. The molecule has 2 N–H and O–H groups in total. The number of aromatic hydroxyl groups is 1. The highest BCUT2D eigenvalue weighted by Gasteiger charge is 2.07. The van der Waals surface area contributed by atoms with Crippen molar-refractivity contribution in [3.05, 3.63) is 28.2 Å². The number of alkyl halides is 1. The number of carbonyl (C=O) groups is 1. The van der Waals surface area contributed by atoms with E-state index < -0.39 is 0 Å². The zero-order chi connectivity index (χ0) is 12.1. The van der Waals surface area contributed by atoms with Crippen LogP contribution in [-0.2, 0) is 0 Å². The number of hydrogen-bond acceptors (Lipinski definition) is 2. The molecular formula is C11H13Br2NO2. The smallest absolute Gasteiger partial charge is 0.251 e. The fraction of sp³-hybridized carbons (Fsp3) is 0.364. The summed E-state index contributed by atoms with van der Waals surface area (Å²) in [4.78, 5) is 12.0. The summed E-state index contributed by atoms with van der Waals surface area (Å²) < 4.78 is 0.582. The van der Waals surface area contributed by atoms with Crippen molar-refractivity contribution >= 4 is 37.8 Å². The molecule has 0 aromatic heterocycles. The van der Waals surface area contributed by atoms with Gasteiger partial charge in [0.15, 0.2) is 0 Å². The maximum atomic E-state index is 11.6. The topological polar surface area (TPSA) is 49.3 Å². The molecule has 0 radical (unpaired) electrons. The van der Waals surface area contributed by atoms with Crippen LogP contribution in [0.5, 0.6) is 5.75 Å². The fourth-order valence-electron chi connectivity index (χ4n) is 1.14. The first-order chi connectivity index (χ1) is 7.50. The van der Waals surface area contributed by atoms with E-state index in [4.69, 9.17) is 0 Å². The molecule has 0 heterocycles. The molecule has 0 saturated carbocycles. The standard InChI is InChI=1S/C11H13Br2NO2/c1-7(12)4-5-14-11(16)8-2-3-9(13)10(15)6-8/h2-3,6-7,15H,4-5H2,1H3,(H,14,16). The average Bonchev–Trinajstić information content (AvgIpc) is 2.21. The molecule has 3 nitrogen and oxygen atoms in total. The quantitative estimate of drug-likeness (QED) is 0.820. The van der Waals surface area contributed by atoms with Crippen LogP contribution in [0.2, 0.25) is 0 Å². The molecule has 5 heteroatoms. The third-order valence-corrected chi connectivity index (χ3v) is 3.16. The molecule has 0 aliphatic heterocycles. The number of phenolic OH excluding ortho intramolecular Hbond substituents is 1. The summed E-state index contributed by atoms with van der Waals surface area (Å²) in [5.41, 5.74) is 0.461. The van der Waals surface area contributed by atoms with Gasteiger partial charge in [0.1, 0.15) is 5.75 Å². The van der Waals surface area contributed by atoms with Crippen molar-refractivity contribution in [1.29, 1.82) is 0 Å². The van der Waals surface area contributed by atoms with E-state index in [2.05, 4.69) is 37.2 Å². The van der Waals surface area contributed by atoms with Crippen LogP contribution in [0, 0.1) is 0 Å². The summed E-state index contributed by atoms with van der Waals surface area (Å²) in [7, 11) is 0. The Bertz CT molecular complexity index is 380. The maximum absolute atomic E-state index is 11.6. The molecule has 1 rings (SSSR count). The minimum atomic E-state index is -0.170. The molecule has 1 aromatic rings. The van der Waals surface area contributed by atoms with E-state index in [0.29, 0.717) is 21.4 Å². The van der Waals surface area contributed by atoms with Gasteiger partial charge in [0.2, 0.25) is 0 Å². The van der Waals surface area contributed by atoms with Crippen LogP contribution in [0.25, 0.3) is 0 Å². The number of nitrogens with one attached hydrogen (secondary N) is 1. The first kappa shape index (κ1) is 13.5. The normalized spacial score (nSPS) is 12.2. The fourth-order valence-corrected chi connectivity index (χ4v) is 1.62. The Morgan fingerprint density at radius 2 is 2.25 bits per heavy atom. The summed E-state index contributed by atoms with van der Waals surface area (Å²) in [5.74, 6) is -0.0996. The predicted octanol–water partition coefficient (Wildman–Crippen LogP) is 3.06. The van der Waals surface area contributed by atoms with Crippen LogP contribution in [0.15, 0.2) is 22.7 Å². The van der Waals surface area contributed by atoms with Crippen LogP contribution >= 0.6 is 31.9 Å². The number of halogens is 2. The first-order valence-corrected chi connectivity index (χ1v) is 6.62. The highest BCUT2D eigenvalue weighted by Crippen LogP contribution is 2.24. The lowest BCUT2D eigenvalue weighted by Crippen LogP contribution is -2.25. The van der Waals surface area contributed by atoms with Gasteiger partial charge in [-0.1, -0.05) is 22.9 Å². The van der Waals surface area contributed by atoms with E-state index in [0.717, 1.165) is 6.42 Å². The summed E-state index contributed by atoms with van der Waals surface area (Å²) >= 11 is 6.57. The van der Waals surface area contributed by atoms with E-state index >= 15 is 0 Å². The minimum absolute atomic E-state index is 0.0708. The van der Waals surface area contributed by atoms with Gasteiger partial charge in [-0.05, 0) is 40.5 Å². The molecule has 0 aliphatic carbocycles. The second kappa shape index (κ2) is 6.25. The number of phenols is 1. The van der Waals surface area contributed by atoms with Gasteiger partial charge in [-0.25, -0.2) is 0 Å². The second-order valence-electron chi connectivity index (χ2n) is 3.49. The maximum Gasteiger partial charge on any atom is 0.251 e. The van der Waals surface area contributed by atoms with Gasteiger partial charge in [0.25, 0.3) is 5.91 Å². The molecule has 0 bridgehead atoms. The highest BCUT2D eigenvalue weighted by molar-refractivity contribution is 9.10. The lowest BCUT2D eigenvalue weighted by Gasteiger charge is -2.07. The minimum Gasteiger partial charge on any atom is -0.507 e. The lowest BCUT2D eigenvalue weighted by atomic mass is 10.2. The van der Waals surface area contributed by atoms with Crippen LogP contribution in [0.4, 0.5) is 0 Å². The molecule has 0 fully saturated rings. The van der Waals surface area contributed by atoms with Gasteiger partial charge in [-0.3, -0.25) is 4.79 Å². The molecular weight excluding hydrogens is 338 g/mol. The molecule has 1 aromatic carbocycles. The molecule has 0 saturated heterocycles. The van der Waals surface area contributed by atoms with Crippen molar-refractivity contribution in [3.63, 3.8) is 0 Å². The molecule has 1 unspecified atom stereocenters. The van der Waals surface area contributed by atoms with E-state index in [9.17, 15) is 9.90 Å². The van der Waals surface area contributed by atoms with Crippen molar-refractivity contribution in [2.75, 3.05) is 6.54 Å². The van der Waals surface area contributed by atoms with E-state index in [-0.39, 0.29) is 11.7 Å². The summed E-state index contributed by atoms with van der Waals surface area (Å²) in [5, 5.41) is 12.2. The zero-order valence-corrected chi connectivity index (χ0v) is 12.0. The van der Waals surface area contributed by atoms with Gasteiger partial charge >= 0.3 is 0 Å². The molecule has 1 atom stereocenters. The predicted molar refractivity (Wildman–Crippen MR) is 71.1 cm³/mol. The number of hydrogen-bond donors (Lipinski definition) is 2. The van der Waals surface area contributed by atoms with Crippen LogP contribution in [0.1, 0.15) is 23.7 Å². The van der Waals surface area contributed by atoms with Crippen molar-refractivity contribution in [3.8, 4) is 5.75 Å². The van der Waals surface area contributed by atoms with Crippen molar-refractivity contribution < 1.29 is 9.90 Å². The highest BCUT2D eigenvalue weighted by atomic mass is 79.9. The van der Waals surface area contributed by atoms with Crippen LogP contribution in [-0.4, -0.2) is 22.4 Å². The Morgan fingerprint density at radius 3 is 2.81 bits per heavy atom. The van der Waals surface area contributed by atoms with E-state index in [1.165, 1.54) is 6.07 Å². The van der Waals surface area contributed by atoms with Crippen molar-refractivity contribution in [2.45, 2.75) is 18.2 Å². The van der Waals surface area contributed by atoms with Crippen LogP contribution in [0.3, 0.4) is 0 Å². The Labute approximate surface area is 111 Å². The molecule has 16 heavy (non-hydrogen) atoms. The third-order valence-electron chi connectivity index (χ3n) is 2.04. The van der Waals surface area contributed by atoms with E-state index in [1.54, 1.807) is 12.1 Å². The third kappa shape index (κ3) is 4.14. The Kier molecular flexibility index (Phi) is 5.28. The van der Waals surface area contributed by atoms with Gasteiger partial charge < -0.3 is 10.4 Å². The zero-order valence-electron chi connectivity index (χ0n) is 8.84. The number of carbonyl (C=O) groups excluding carboxylic acids is 1. The number of benzene rings is 1. The second-order valence-corrected chi connectivity index (χ2v) is 5.91. The van der Waals surface area contributed by atoms with Gasteiger partial charge in [-0.15, -0.1) is 0 Å². The molecule has 0 aliphatic rings. The largest absolute Gasteiger partial charge is 0.507 e. The van der Waals surface area contributed by atoms with Gasteiger partial charge in [0.05, 0.1) is 4.47 Å². The Balaban J connectivity index is 2.56.